The number of furan rings is 1. The van der Waals surface area contributed by atoms with Crippen LogP contribution < -0.4 is 0 Å². The van der Waals surface area contributed by atoms with Gasteiger partial charge in [0.05, 0.1) is 27.6 Å². The first kappa shape index (κ1) is 29.9. The summed E-state index contributed by atoms with van der Waals surface area (Å²) in [7, 11) is 0. The van der Waals surface area contributed by atoms with Crippen molar-refractivity contribution in [3.63, 3.8) is 0 Å². The van der Waals surface area contributed by atoms with Crippen LogP contribution in [0, 0.1) is 0 Å². The van der Waals surface area contributed by atoms with E-state index in [0.29, 0.717) is 17.6 Å². The number of fused-ring (bicyclic) bond motifs is 12. The number of aromatic nitrogens is 5. The molecule has 0 amide bonds. The predicted molar refractivity (Wildman–Crippen MR) is 224 cm³/mol. The van der Waals surface area contributed by atoms with Crippen LogP contribution in [-0.4, -0.2) is 24.1 Å². The molecule has 0 spiro atoms. The van der Waals surface area contributed by atoms with Crippen molar-refractivity contribution in [2.45, 2.75) is 0 Å². The summed E-state index contributed by atoms with van der Waals surface area (Å²) in [5.74, 6) is 1.66. The largest absolute Gasteiger partial charge is 0.455 e. The van der Waals surface area contributed by atoms with Crippen molar-refractivity contribution in [3.8, 4) is 34.4 Å². The van der Waals surface area contributed by atoms with Crippen LogP contribution >= 0.6 is 0 Å². The van der Waals surface area contributed by atoms with Crippen molar-refractivity contribution in [3.05, 3.63) is 176 Å². The molecule has 6 heteroatoms. The standard InChI is InChI=1S/C49H29N5O/c1-3-15-30(16-4-1)47-50-48(39-29-31-17-7-8-20-33(31)43-38-23-11-14-26-42(38)55-46(39)43)52-49(51-47)54-41-25-13-10-22-35(41)37-28-27-36-34-21-9-12-24-40(34)53(44(36)45(37)54)32-18-5-2-6-19-32/h1-29H. The fourth-order valence-electron chi connectivity index (χ4n) is 8.60. The van der Waals surface area contributed by atoms with Crippen LogP contribution in [0.1, 0.15) is 0 Å². The maximum absolute atomic E-state index is 6.71. The fourth-order valence-corrected chi connectivity index (χ4v) is 8.60. The lowest BCUT2D eigenvalue weighted by Crippen LogP contribution is -2.07. The summed E-state index contributed by atoms with van der Waals surface area (Å²) in [5.41, 5.74) is 8.65. The Morgan fingerprint density at radius 1 is 0.418 bits per heavy atom. The van der Waals surface area contributed by atoms with Crippen LogP contribution in [0.4, 0.5) is 0 Å². The highest BCUT2D eigenvalue weighted by Gasteiger charge is 2.25. The molecule has 0 unspecified atom stereocenters. The van der Waals surface area contributed by atoms with E-state index in [1.54, 1.807) is 0 Å². The molecule has 6 nitrogen and oxygen atoms in total. The molecule has 0 atom stereocenters. The van der Waals surface area contributed by atoms with Gasteiger partial charge in [-0.05, 0) is 47.2 Å². The molecule has 8 aromatic carbocycles. The molecule has 0 saturated heterocycles. The minimum atomic E-state index is 0.532. The van der Waals surface area contributed by atoms with Crippen molar-refractivity contribution >= 4 is 76.3 Å². The summed E-state index contributed by atoms with van der Waals surface area (Å²) < 4.78 is 11.3. The van der Waals surface area contributed by atoms with Gasteiger partial charge in [0.25, 0.3) is 0 Å². The Morgan fingerprint density at radius 2 is 0.982 bits per heavy atom. The molecule has 12 aromatic rings. The van der Waals surface area contributed by atoms with Gasteiger partial charge in [-0.1, -0.05) is 140 Å². The number of benzene rings is 8. The second kappa shape index (κ2) is 11.5. The Hall–Kier alpha value is -7.57. The topological polar surface area (TPSA) is 61.7 Å². The Morgan fingerprint density at radius 3 is 1.73 bits per heavy atom. The molecule has 0 aliphatic carbocycles. The van der Waals surface area contributed by atoms with Crippen LogP contribution in [0.2, 0.25) is 0 Å². The van der Waals surface area contributed by atoms with E-state index < -0.39 is 0 Å². The lowest BCUT2D eigenvalue weighted by Gasteiger charge is -2.13. The number of nitrogens with zero attached hydrogens (tertiary/aromatic N) is 5. The van der Waals surface area contributed by atoms with E-state index >= 15 is 0 Å². The summed E-state index contributed by atoms with van der Waals surface area (Å²) in [6.45, 7) is 0. The van der Waals surface area contributed by atoms with Gasteiger partial charge in [-0.25, -0.2) is 4.98 Å². The monoisotopic (exact) mass is 703 g/mol. The highest BCUT2D eigenvalue weighted by atomic mass is 16.3. The van der Waals surface area contributed by atoms with Gasteiger partial charge >= 0.3 is 0 Å². The number of hydrogen-bond acceptors (Lipinski definition) is 4. The van der Waals surface area contributed by atoms with Gasteiger partial charge in [0.1, 0.15) is 11.2 Å². The Kier molecular flexibility index (Phi) is 6.24. The van der Waals surface area contributed by atoms with E-state index in [1.807, 2.05) is 30.3 Å². The number of hydrogen-bond donors (Lipinski definition) is 0. The molecule has 0 saturated carbocycles. The molecule has 4 aromatic heterocycles. The minimum absolute atomic E-state index is 0.532. The molecular weight excluding hydrogens is 675 g/mol. The van der Waals surface area contributed by atoms with E-state index in [-0.39, 0.29) is 0 Å². The molecule has 0 radical (unpaired) electrons. The Labute approximate surface area is 314 Å². The molecule has 0 bridgehead atoms. The van der Waals surface area contributed by atoms with Gasteiger partial charge in [-0.2, -0.15) is 9.97 Å². The third-order valence-electron chi connectivity index (χ3n) is 10.9. The summed E-state index contributed by atoms with van der Waals surface area (Å²) in [6.07, 6.45) is 0. The lowest BCUT2D eigenvalue weighted by molar-refractivity contribution is 0.669. The summed E-state index contributed by atoms with van der Waals surface area (Å²) in [4.78, 5) is 16.0. The second-order valence-corrected chi connectivity index (χ2v) is 14.0. The molecular formula is C49H29N5O. The van der Waals surface area contributed by atoms with Gasteiger partial charge in [0.15, 0.2) is 11.6 Å². The minimum Gasteiger partial charge on any atom is -0.455 e. The fraction of sp³-hybridized carbons (Fsp3) is 0. The SMILES string of the molecule is c1ccc(-c2nc(-c3cc4ccccc4c4c3oc3ccccc34)nc(-n3c4ccccc4c4ccc5c6ccccc6n(-c6ccccc6)c5c43)n2)cc1. The zero-order valence-electron chi connectivity index (χ0n) is 29.4. The lowest BCUT2D eigenvalue weighted by atomic mass is 10.00. The summed E-state index contributed by atoms with van der Waals surface area (Å²) in [5, 5.41) is 8.92. The summed E-state index contributed by atoms with van der Waals surface area (Å²) >= 11 is 0. The predicted octanol–water partition coefficient (Wildman–Crippen LogP) is 12.5. The van der Waals surface area contributed by atoms with E-state index in [0.717, 1.165) is 87.8 Å². The maximum atomic E-state index is 6.71. The normalized spacial score (nSPS) is 12.0. The van der Waals surface area contributed by atoms with Crippen molar-refractivity contribution in [1.29, 1.82) is 0 Å². The van der Waals surface area contributed by atoms with Gasteiger partial charge in [0, 0.05) is 43.6 Å². The average Bonchev–Trinajstić information content (AvgIpc) is 3.92. The maximum Gasteiger partial charge on any atom is 0.238 e. The molecule has 55 heavy (non-hydrogen) atoms. The molecule has 0 fully saturated rings. The Balaban J connectivity index is 1.25. The summed E-state index contributed by atoms with van der Waals surface area (Å²) in [6, 6.07) is 61.3. The molecule has 0 N–H and O–H groups in total. The smallest absolute Gasteiger partial charge is 0.238 e. The molecule has 12 rings (SSSR count). The molecule has 0 aliphatic heterocycles. The molecule has 0 aliphatic rings. The number of rotatable bonds is 4. The van der Waals surface area contributed by atoms with Crippen LogP contribution in [-0.2, 0) is 0 Å². The quantitative estimate of drug-likeness (QED) is 0.183. The van der Waals surface area contributed by atoms with Gasteiger partial charge in [-0.15, -0.1) is 0 Å². The Bertz CT molecular complexity index is 3490. The van der Waals surface area contributed by atoms with Crippen LogP contribution in [0.5, 0.6) is 0 Å². The zero-order valence-corrected chi connectivity index (χ0v) is 29.4. The van der Waals surface area contributed by atoms with Crippen LogP contribution in [0.25, 0.3) is 111 Å². The van der Waals surface area contributed by atoms with Crippen LogP contribution in [0.3, 0.4) is 0 Å². The third kappa shape index (κ3) is 4.33. The highest BCUT2D eigenvalue weighted by Crippen LogP contribution is 2.43. The van der Waals surface area contributed by atoms with E-state index in [4.69, 9.17) is 19.4 Å². The first-order chi connectivity index (χ1) is 27.3. The highest BCUT2D eigenvalue weighted by molar-refractivity contribution is 6.24. The van der Waals surface area contributed by atoms with E-state index in [1.165, 1.54) is 5.39 Å². The van der Waals surface area contributed by atoms with Gasteiger partial charge in [-0.3, -0.25) is 4.57 Å². The number of para-hydroxylation sites is 4. The van der Waals surface area contributed by atoms with Crippen molar-refractivity contribution < 1.29 is 4.42 Å². The van der Waals surface area contributed by atoms with Crippen molar-refractivity contribution in [1.82, 2.24) is 24.1 Å². The van der Waals surface area contributed by atoms with Gasteiger partial charge < -0.3 is 8.98 Å². The second-order valence-electron chi connectivity index (χ2n) is 14.0. The van der Waals surface area contributed by atoms with Gasteiger partial charge in [0.2, 0.25) is 5.95 Å². The first-order valence-corrected chi connectivity index (χ1v) is 18.5. The van der Waals surface area contributed by atoms with Crippen LogP contribution in [0.15, 0.2) is 180 Å². The first-order valence-electron chi connectivity index (χ1n) is 18.5. The average molecular weight is 704 g/mol. The third-order valence-corrected chi connectivity index (χ3v) is 10.9. The van der Waals surface area contributed by atoms with E-state index in [9.17, 15) is 0 Å². The van der Waals surface area contributed by atoms with E-state index in [2.05, 4.69) is 155 Å². The van der Waals surface area contributed by atoms with Crippen molar-refractivity contribution in [2.75, 3.05) is 0 Å². The zero-order chi connectivity index (χ0) is 36.0. The molecule has 4 heterocycles. The van der Waals surface area contributed by atoms with Crippen molar-refractivity contribution in [2.24, 2.45) is 0 Å². The molecule has 256 valence electrons.